The molecule has 0 saturated heterocycles. The Hall–Kier alpha value is -3.80. The summed E-state index contributed by atoms with van der Waals surface area (Å²) in [6.07, 6.45) is 3.87. The smallest absolute Gasteiger partial charge is 0.265 e. The third kappa shape index (κ3) is 3.72. The van der Waals surface area contributed by atoms with Crippen LogP contribution in [-0.2, 0) is 10.0 Å². The number of aromatic amines is 1. The molecule has 0 spiro atoms. The first kappa shape index (κ1) is 22.7. The molecular formula is C30H23ClN2O2S. The van der Waals surface area contributed by atoms with Gasteiger partial charge in [0.2, 0.25) is 0 Å². The van der Waals surface area contributed by atoms with E-state index >= 15 is 0 Å². The Morgan fingerprint density at radius 3 is 2.33 bits per heavy atom. The maximum absolute atomic E-state index is 14.4. The number of benzene rings is 4. The summed E-state index contributed by atoms with van der Waals surface area (Å²) in [6, 6.07) is 29.7. The zero-order valence-corrected chi connectivity index (χ0v) is 21.1. The first-order chi connectivity index (χ1) is 17.4. The quantitative estimate of drug-likeness (QED) is 0.273. The van der Waals surface area contributed by atoms with E-state index in [9.17, 15) is 8.42 Å². The van der Waals surface area contributed by atoms with Gasteiger partial charge in [0.15, 0.2) is 0 Å². The number of H-pyrrole nitrogens is 1. The third-order valence-electron chi connectivity index (χ3n) is 6.67. The lowest BCUT2D eigenvalue weighted by Crippen LogP contribution is -2.36. The average molecular weight is 511 g/mol. The fraction of sp³-hybridized carbons (Fsp3) is 0.0667. The highest BCUT2D eigenvalue weighted by atomic mass is 35.5. The summed E-state index contributed by atoms with van der Waals surface area (Å²) >= 11 is 6.26. The number of aryl methyl sites for hydroxylation is 1. The average Bonchev–Trinajstić information content (AvgIpc) is 3.31. The maximum Gasteiger partial charge on any atom is 0.265 e. The Kier molecular flexibility index (Phi) is 5.47. The van der Waals surface area contributed by atoms with Gasteiger partial charge in [-0.1, -0.05) is 90.0 Å². The lowest BCUT2D eigenvalue weighted by Gasteiger charge is -2.38. The highest BCUT2D eigenvalue weighted by Crippen LogP contribution is 2.47. The van der Waals surface area contributed by atoms with Gasteiger partial charge in [0.25, 0.3) is 10.0 Å². The number of aromatic nitrogens is 1. The fourth-order valence-corrected chi connectivity index (χ4v) is 6.72. The lowest BCUT2D eigenvalue weighted by atomic mass is 9.89. The Morgan fingerprint density at radius 2 is 1.56 bits per heavy atom. The van der Waals surface area contributed by atoms with Crippen molar-refractivity contribution in [2.75, 3.05) is 0 Å². The molecule has 4 aromatic carbocycles. The zero-order valence-electron chi connectivity index (χ0n) is 19.5. The van der Waals surface area contributed by atoms with Crippen molar-refractivity contribution >= 4 is 44.3 Å². The number of hydrogen-bond acceptors (Lipinski definition) is 2. The van der Waals surface area contributed by atoms with Crippen LogP contribution in [0, 0.1) is 6.92 Å². The number of fused-ring (bicyclic) bond motifs is 2. The molecule has 6 heteroatoms. The Balaban J connectivity index is 1.67. The minimum Gasteiger partial charge on any atom is -0.361 e. The first-order valence-corrected chi connectivity index (χ1v) is 13.5. The first-order valence-electron chi connectivity index (χ1n) is 11.7. The van der Waals surface area contributed by atoms with Crippen LogP contribution in [0.3, 0.4) is 0 Å². The van der Waals surface area contributed by atoms with Crippen molar-refractivity contribution in [1.29, 1.82) is 0 Å². The van der Waals surface area contributed by atoms with Gasteiger partial charge in [-0.15, -0.1) is 0 Å². The molecule has 0 saturated carbocycles. The number of hydrogen-bond donors (Lipinski definition) is 1. The molecule has 0 aliphatic carbocycles. The SMILES string of the molecule is Cc1ccc(S(=O)(=O)N2C(c3ccccc3)=Cc3ccccc3[C@@H]2c2c[nH]c3cc(Cl)ccc23)cc1. The second kappa shape index (κ2) is 8.70. The summed E-state index contributed by atoms with van der Waals surface area (Å²) < 4.78 is 30.5. The van der Waals surface area contributed by atoms with E-state index in [1.807, 2.05) is 104 Å². The molecule has 0 fully saturated rings. The van der Waals surface area contributed by atoms with E-state index in [1.165, 1.54) is 0 Å². The highest BCUT2D eigenvalue weighted by molar-refractivity contribution is 7.89. The Morgan fingerprint density at radius 1 is 0.833 bits per heavy atom. The zero-order chi connectivity index (χ0) is 24.9. The topological polar surface area (TPSA) is 53.2 Å². The van der Waals surface area contributed by atoms with Crippen LogP contribution in [0.4, 0.5) is 0 Å². The minimum absolute atomic E-state index is 0.252. The summed E-state index contributed by atoms with van der Waals surface area (Å²) in [7, 11) is -3.95. The molecule has 1 aliphatic heterocycles. The lowest BCUT2D eigenvalue weighted by molar-refractivity contribution is 0.463. The van der Waals surface area contributed by atoms with Crippen LogP contribution in [0.2, 0.25) is 5.02 Å². The maximum atomic E-state index is 14.4. The summed E-state index contributed by atoms with van der Waals surface area (Å²) in [5, 5.41) is 1.55. The van der Waals surface area contributed by atoms with Gasteiger partial charge in [-0.3, -0.25) is 4.31 Å². The van der Waals surface area contributed by atoms with Gasteiger partial charge in [-0.25, -0.2) is 8.42 Å². The van der Waals surface area contributed by atoms with Gasteiger partial charge in [-0.2, -0.15) is 0 Å². The molecule has 1 aromatic heterocycles. The molecule has 1 N–H and O–H groups in total. The minimum atomic E-state index is -3.95. The van der Waals surface area contributed by atoms with Crippen molar-refractivity contribution in [2.24, 2.45) is 0 Å². The van der Waals surface area contributed by atoms with Crippen molar-refractivity contribution in [3.8, 4) is 0 Å². The molecule has 0 radical (unpaired) electrons. The molecule has 0 amide bonds. The molecule has 0 bridgehead atoms. The molecule has 0 unspecified atom stereocenters. The molecule has 6 rings (SSSR count). The molecule has 178 valence electrons. The van der Waals surface area contributed by atoms with E-state index in [1.54, 1.807) is 16.4 Å². The number of nitrogens with zero attached hydrogens (tertiary/aromatic N) is 1. The molecule has 2 heterocycles. The van der Waals surface area contributed by atoms with Gasteiger partial charge in [0.1, 0.15) is 0 Å². The van der Waals surface area contributed by atoms with Crippen molar-refractivity contribution in [3.63, 3.8) is 0 Å². The van der Waals surface area contributed by atoms with Gasteiger partial charge >= 0.3 is 0 Å². The standard InChI is InChI=1S/C30H23ClN2O2S/c1-20-11-14-24(15-12-20)36(34,35)33-29(21-7-3-2-4-8-21)17-22-9-5-6-10-25(22)30(33)27-19-32-28-18-23(31)13-16-26(27)28/h2-19,30,32H,1H3/t30-/m1/s1. The van der Waals surface area contributed by atoms with Gasteiger partial charge in [0.05, 0.1) is 16.6 Å². The van der Waals surface area contributed by atoms with Crippen LogP contribution in [0.25, 0.3) is 22.7 Å². The van der Waals surface area contributed by atoms with Crippen LogP contribution in [0.5, 0.6) is 0 Å². The van der Waals surface area contributed by atoms with Crippen molar-refractivity contribution < 1.29 is 8.42 Å². The fourth-order valence-electron chi connectivity index (χ4n) is 4.92. The molecule has 36 heavy (non-hydrogen) atoms. The van der Waals surface area contributed by atoms with Crippen LogP contribution >= 0.6 is 11.6 Å². The Bertz CT molecular complexity index is 1720. The molecule has 1 atom stereocenters. The summed E-state index contributed by atoms with van der Waals surface area (Å²) in [5.74, 6) is 0. The number of rotatable bonds is 4. The number of sulfonamides is 1. The largest absolute Gasteiger partial charge is 0.361 e. The second-order valence-electron chi connectivity index (χ2n) is 8.97. The van der Waals surface area contributed by atoms with Crippen molar-refractivity contribution in [1.82, 2.24) is 9.29 Å². The van der Waals surface area contributed by atoms with Crippen molar-refractivity contribution in [2.45, 2.75) is 17.9 Å². The van der Waals surface area contributed by atoms with E-state index in [4.69, 9.17) is 11.6 Å². The van der Waals surface area contributed by atoms with Crippen LogP contribution in [0.15, 0.2) is 108 Å². The normalized spacial score (nSPS) is 15.6. The van der Waals surface area contributed by atoms with E-state index in [0.717, 1.165) is 38.7 Å². The number of halogens is 1. The van der Waals surface area contributed by atoms with E-state index < -0.39 is 16.1 Å². The van der Waals surface area contributed by atoms with Crippen molar-refractivity contribution in [3.05, 3.63) is 136 Å². The Labute approximate surface area is 215 Å². The van der Waals surface area contributed by atoms with Gasteiger partial charge < -0.3 is 4.98 Å². The summed E-state index contributed by atoms with van der Waals surface area (Å²) in [5.41, 5.74) is 6.09. The predicted molar refractivity (Wildman–Crippen MR) is 146 cm³/mol. The summed E-state index contributed by atoms with van der Waals surface area (Å²) in [4.78, 5) is 3.56. The van der Waals surface area contributed by atoms with E-state index in [0.29, 0.717) is 10.7 Å². The third-order valence-corrected chi connectivity index (χ3v) is 8.70. The van der Waals surface area contributed by atoms with Crippen LogP contribution < -0.4 is 0 Å². The monoisotopic (exact) mass is 510 g/mol. The molecule has 1 aliphatic rings. The van der Waals surface area contributed by atoms with Gasteiger partial charge in [0, 0.05) is 27.7 Å². The molecule has 5 aromatic rings. The highest BCUT2D eigenvalue weighted by Gasteiger charge is 2.40. The molecular weight excluding hydrogens is 488 g/mol. The summed E-state index contributed by atoms with van der Waals surface area (Å²) in [6.45, 7) is 1.95. The van der Waals surface area contributed by atoms with Gasteiger partial charge in [-0.05, 0) is 54.0 Å². The number of nitrogens with one attached hydrogen (secondary N) is 1. The van der Waals surface area contributed by atoms with Crippen LogP contribution in [0.1, 0.15) is 33.9 Å². The van der Waals surface area contributed by atoms with E-state index in [-0.39, 0.29) is 4.90 Å². The van der Waals surface area contributed by atoms with Crippen LogP contribution in [-0.4, -0.2) is 17.7 Å². The second-order valence-corrected chi connectivity index (χ2v) is 11.2. The van der Waals surface area contributed by atoms with E-state index in [2.05, 4.69) is 4.98 Å². The predicted octanol–water partition coefficient (Wildman–Crippen LogP) is 7.42. The molecule has 4 nitrogen and oxygen atoms in total.